The number of nitrogens with zero attached hydrogens (tertiary/aromatic N) is 1. The molecule has 6 heteroatoms. The zero-order chi connectivity index (χ0) is 18.9. The molecule has 4 nitrogen and oxygen atoms in total. The predicted molar refractivity (Wildman–Crippen MR) is 121 cm³/mol. The smallest absolute Gasteiger partial charge is 0.199 e. The maximum absolute atomic E-state index is 12.5. The van der Waals surface area contributed by atoms with E-state index in [4.69, 9.17) is 0 Å². The molecule has 0 saturated carbocycles. The molecule has 2 heterocycles. The van der Waals surface area contributed by atoms with Crippen molar-refractivity contribution in [1.29, 1.82) is 0 Å². The number of sulfone groups is 1. The lowest BCUT2D eigenvalue weighted by Crippen LogP contribution is -2.26. The maximum Gasteiger partial charge on any atom is 0.199 e. The summed E-state index contributed by atoms with van der Waals surface area (Å²) in [6.07, 6.45) is 7.28. The van der Waals surface area contributed by atoms with Crippen molar-refractivity contribution >= 4 is 43.8 Å². The number of hydrogen-bond acceptors (Lipinski definition) is 3. The highest BCUT2D eigenvalue weighted by molar-refractivity contribution is 8.93. The van der Waals surface area contributed by atoms with Gasteiger partial charge in [-0.3, -0.25) is 0 Å². The molecule has 0 unspecified atom stereocenters. The van der Waals surface area contributed by atoms with Crippen molar-refractivity contribution < 1.29 is 8.42 Å². The molecule has 0 aliphatic carbocycles. The third kappa shape index (κ3) is 4.40. The topological polar surface area (TPSA) is 53.2 Å². The van der Waals surface area contributed by atoms with Crippen LogP contribution >= 0.6 is 17.0 Å². The second-order valence-electron chi connectivity index (χ2n) is 7.26. The SMILES string of the molecule is Br.CN1CCC[C@@H]1Cc1c[nH]c2ccc(C=CS(=O)(=O)c3ccccc3)cc12. The predicted octanol–water partition coefficient (Wildman–Crippen LogP) is 4.83. The van der Waals surface area contributed by atoms with Gasteiger partial charge in [0.15, 0.2) is 9.84 Å². The van der Waals surface area contributed by atoms with Gasteiger partial charge in [-0.15, -0.1) is 17.0 Å². The van der Waals surface area contributed by atoms with E-state index < -0.39 is 9.84 Å². The van der Waals surface area contributed by atoms with Gasteiger partial charge in [0.2, 0.25) is 0 Å². The molecule has 3 aromatic rings. The zero-order valence-corrected chi connectivity index (χ0v) is 18.4. The minimum atomic E-state index is -3.43. The first-order chi connectivity index (χ1) is 13.0. The largest absolute Gasteiger partial charge is 0.361 e. The Morgan fingerprint density at radius 2 is 1.96 bits per heavy atom. The van der Waals surface area contributed by atoms with Crippen LogP contribution in [0.15, 0.2) is 65.0 Å². The molecular weight excluding hydrogens is 436 g/mol. The van der Waals surface area contributed by atoms with Crippen LogP contribution in [0.5, 0.6) is 0 Å². The number of likely N-dealkylation sites (N-methyl/N-ethyl adjacent to an activating group) is 1. The van der Waals surface area contributed by atoms with E-state index in [0.29, 0.717) is 10.9 Å². The lowest BCUT2D eigenvalue weighted by Gasteiger charge is -2.18. The van der Waals surface area contributed by atoms with Gasteiger partial charge in [0.25, 0.3) is 0 Å². The van der Waals surface area contributed by atoms with Crippen LogP contribution in [-0.2, 0) is 16.3 Å². The third-order valence-electron chi connectivity index (χ3n) is 5.43. The van der Waals surface area contributed by atoms with Crippen molar-refractivity contribution in [3.05, 3.63) is 71.3 Å². The zero-order valence-electron chi connectivity index (χ0n) is 15.8. The monoisotopic (exact) mass is 460 g/mol. The summed E-state index contributed by atoms with van der Waals surface area (Å²) in [5, 5.41) is 2.47. The summed E-state index contributed by atoms with van der Waals surface area (Å²) in [6.45, 7) is 1.17. The molecule has 0 radical (unpaired) electrons. The summed E-state index contributed by atoms with van der Waals surface area (Å²) >= 11 is 0. The Morgan fingerprint density at radius 1 is 1.18 bits per heavy atom. The number of fused-ring (bicyclic) bond motifs is 1. The van der Waals surface area contributed by atoms with Crippen LogP contribution < -0.4 is 0 Å². The molecule has 1 fully saturated rings. The fraction of sp³-hybridized carbons (Fsp3) is 0.273. The van der Waals surface area contributed by atoms with Crippen molar-refractivity contribution in [1.82, 2.24) is 9.88 Å². The van der Waals surface area contributed by atoms with Gasteiger partial charge < -0.3 is 9.88 Å². The number of H-pyrrole nitrogens is 1. The van der Waals surface area contributed by atoms with Crippen molar-refractivity contribution in [3.8, 4) is 0 Å². The van der Waals surface area contributed by atoms with E-state index in [-0.39, 0.29) is 17.0 Å². The summed E-state index contributed by atoms with van der Waals surface area (Å²) < 4.78 is 24.9. The van der Waals surface area contributed by atoms with Gasteiger partial charge in [-0.2, -0.15) is 0 Å². The Balaban J connectivity index is 0.00000225. The highest BCUT2D eigenvalue weighted by Gasteiger charge is 2.22. The van der Waals surface area contributed by atoms with E-state index >= 15 is 0 Å². The molecule has 0 bridgehead atoms. The van der Waals surface area contributed by atoms with Gasteiger partial charge in [-0.25, -0.2) is 8.42 Å². The highest BCUT2D eigenvalue weighted by atomic mass is 79.9. The van der Waals surface area contributed by atoms with Gasteiger partial charge in [-0.05, 0) is 74.3 Å². The fourth-order valence-electron chi connectivity index (χ4n) is 3.82. The molecule has 1 aliphatic heterocycles. The number of aromatic nitrogens is 1. The average molecular weight is 461 g/mol. The normalized spacial score (nSPS) is 18.0. The second-order valence-corrected chi connectivity index (χ2v) is 9.09. The van der Waals surface area contributed by atoms with Crippen molar-refractivity contribution in [2.75, 3.05) is 13.6 Å². The van der Waals surface area contributed by atoms with E-state index in [0.717, 1.165) is 17.5 Å². The quantitative estimate of drug-likeness (QED) is 0.593. The number of aromatic amines is 1. The Labute approximate surface area is 177 Å². The molecule has 0 amide bonds. The van der Waals surface area contributed by atoms with Crippen LogP contribution in [0.4, 0.5) is 0 Å². The maximum atomic E-state index is 12.5. The van der Waals surface area contributed by atoms with E-state index in [1.54, 1.807) is 30.3 Å². The summed E-state index contributed by atoms with van der Waals surface area (Å²) in [5.74, 6) is 0. The molecule has 148 valence electrons. The lowest BCUT2D eigenvalue weighted by molar-refractivity contribution is 0.310. The number of likely N-dealkylation sites (tertiary alicyclic amines) is 1. The van der Waals surface area contributed by atoms with Gasteiger partial charge in [0, 0.05) is 28.5 Å². The number of rotatable bonds is 5. The Bertz CT molecular complexity index is 1070. The minimum absolute atomic E-state index is 0. The van der Waals surface area contributed by atoms with Gasteiger partial charge in [-0.1, -0.05) is 24.3 Å². The Hall–Kier alpha value is -1.89. The third-order valence-corrected chi connectivity index (χ3v) is 6.85. The highest BCUT2D eigenvalue weighted by Crippen LogP contribution is 2.26. The van der Waals surface area contributed by atoms with E-state index in [1.165, 1.54) is 35.7 Å². The first-order valence-electron chi connectivity index (χ1n) is 9.31. The van der Waals surface area contributed by atoms with Crippen molar-refractivity contribution in [2.24, 2.45) is 0 Å². The summed E-state index contributed by atoms with van der Waals surface area (Å²) in [4.78, 5) is 6.08. The molecule has 1 atom stereocenters. The van der Waals surface area contributed by atoms with Crippen LogP contribution in [0.25, 0.3) is 17.0 Å². The average Bonchev–Trinajstić information content (AvgIpc) is 3.27. The van der Waals surface area contributed by atoms with E-state index in [2.05, 4.69) is 29.2 Å². The molecule has 1 N–H and O–H groups in total. The number of nitrogens with one attached hydrogen (secondary N) is 1. The molecule has 1 aliphatic rings. The Morgan fingerprint density at radius 3 is 2.68 bits per heavy atom. The number of halogens is 1. The van der Waals surface area contributed by atoms with Crippen LogP contribution in [0.3, 0.4) is 0 Å². The number of benzene rings is 2. The Kier molecular flexibility index (Phi) is 6.43. The summed E-state index contributed by atoms with van der Waals surface area (Å²) in [7, 11) is -1.24. The van der Waals surface area contributed by atoms with Crippen LogP contribution in [0.1, 0.15) is 24.0 Å². The summed E-state index contributed by atoms with van der Waals surface area (Å²) in [5.41, 5.74) is 3.28. The van der Waals surface area contributed by atoms with E-state index in [9.17, 15) is 8.42 Å². The number of hydrogen-bond donors (Lipinski definition) is 1. The standard InChI is InChI=1S/C22H24N2O2S.BrH/c1-24-12-5-6-19(24)15-18-16-23-22-10-9-17(14-21(18)22)11-13-27(25,26)20-7-3-2-4-8-20;/h2-4,7-11,13-14,16,19,23H,5-6,12,15H2,1H3;1H/t19-;/m1./s1. The lowest BCUT2D eigenvalue weighted by atomic mass is 10.0. The van der Waals surface area contributed by atoms with Crippen LogP contribution in [0.2, 0.25) is 0 Å². The van der Waals surface area contributed by atoms with Gasteiger partial charge >= 0.3 is 0 Å². The molecule has 28 heavy (non-hydrogen) atoms. The first-order valence-corrected chi connectivity index (χ1v) is 10.9. The van der Waals surface area contributed by atoms with Gasteiger partial charge in [0.05, 0.1) is 4.90 Å². The molecule has 4 rings (SSSR count). The van der Waals surface area contributed by atoms with Crippen LogP contribution in [-0.4, -0.2) is 37.9 Å². The van der Waals surface area contributed by atoms with E-state index in [1.807, 2.05) is 18.2 Å². The minimum Gasteiger partial charge on any atom is -0.361 e. The molecule has 0 spiro atoms. The second kappa shape index (κ2) is 8.64. The van der Waals surface area contributed by atoms with Crippen molar-refractivity contribution in [3.63, 3.8) is 0 Å². The molecular formula is C22H25BrN2O2S. The first kappa shape index (κ1) is 20.8. The molecule has 1 aromatic heterocycles. The van der Waals surface area contributed by atoms with Gasteiger partial charge in [0.1, 0.15) is 0 Å². The molecule has 1 saturated heterocycles. The van der Waals surface area contributed by atoms with Crippen LogP contribution in [0, 0.1) is 0 Å². The summed E-state index contributed by atoms with van der Waals surface area (Å²) in [6, 6.07) is 15.1. The van der Waals surface area contributed by atoms with Crippen molar-refractivity contribution in [2.45, 2.75) is 30.2 Å². The molecule has 2 aromatic carbocycles. The fourth-order valence-corrected chi connectivity index (χ4v) is 4.85.